The number of hydrogen-bond acceptors (Lipinski definition) is 7. The van der Waals surface area contributed by atoms with Crippen LogP contribution >= 0.6 is 0 Å². The maximum absolute atomic E-state index is 13.0. The fraction of sp³-hybridized carbons (Fsp3) is 0.684. The normalized spacial score (nSPS) is 24.3. The number of morpholine rings is 1. The van der Waals surface area contributed by atoms with Crippen molar-refractivity contribution in [2.45, 2.75) is 25.2 Å². The molecule has 2 heterocycles. The van der Waals surface area contributed by atoms with E-state index >= 15 is 0 Å². The van der Waals surface area contributed by atoms with Gasteiger partial charge in [0.25, 0.3) is 5.69 Å². The number of piperidine rings is 1. The van der Waals surface area contributed by atoms with E-state index in [0.29, 0.717) is 38.5 Å². The maximum atomic E-state index is 13.0. The Morgan fingerprint density at radius 2 is 1.86 bits per heavy atom. The van der Waals surface area contributed by atoms with E-state index in [4.69, 9.17) is 4.74 Å². The lowest BCUT2D eigenvalue weighted by Crippen LogP contribution is -2.42. The third kappa shape index (κ3) is 5.44. The van der Waals surface area contributed by atoms with Gasteiger partial charge in [-0.2, -0.15) is 4.31 Å². The van der Waals surface area contributed by atoms with Crippen molar-refractivity contribution < 1.29 is 18.1 Å². The van der Waals surface area contributed by atoms with E-state index in [0.717, 1.165) is 26.1 Å². The van der Waals surface area contributed by atoms with Crippen LogP contribution in [0.5, 0.6) is 0 Å². The number of nitro benzene ring substituents is 1. The molecule has 10 heteroatoms. The van der Waals surface area contributed by atoms with E-state index < -0.39 is 14.9 Å². The van der Waals surface area contributed by atoms with Crippen molar-refractivity contribution in [1.29, 1.82) is 0 Å². The summed E-state index contributed by atoms with van der Waals surface area (Å²) in [4.78, 5) is 13.2. The van der Waals surface area contributed by atoms with E-state index in [1.807, 2.05) is 13.8 Å². The minimum Gasteiger partial charge on any atom is -0.379 e. The topological polar surface area (TPSA) is 105 Å². The highest BCUT2D eigenvalue weighted by molar-refractivity contribution is 7.89. The average molecular weight is 427 g/mol. The summed E-state index contributed by atoms with van der Waals surface area (Å²) in [6.07, 6.45) is 0.984. The second-order valence-corrected chi connectivity index (χ2v) is 10.0. The Balaban J connectivity index is 1.73. The zero-order valence-corrected chi connectivity index (χ0v) is 17.9. The van der Waals surface area contributed by atoms with Gasteiger partial charge in [-0.3, -0.25) is 15.0 Å². The smallest absolute Gasteiger partial charge is 0.293 e. The molecule has 0 aromatic heterocycles. The quantitative estimate of drug-likeness (QED) is 0.525. The van der Waals surface area contributed by atoms with E-state index in [1.54, 1.807) is 0 Å². The summed E-state index contributed by atoms with van der Waals surface area (Å²) in [6.45, 7) is 9.30. The molecule has 0 aliphatic carbocycles. The van der Waals surface area contributed by atoms with Crippen LogP contribution in [0.25, 0.3) is 0 Å². The Labute approximate surface area is 172 Å². The minimum atomic E-state index is -3.76. The van der Waals surface area contributed by atoms with Gasteiger partial charge in [0.05, 0.1) is 23.0 Å². The zero-order chi connectivity index (χ0) is 21.0. The molecule has 162 valence electrons. The summed E-state index contributed by atoms with van der Waals surface area (Å²) in [5.74, 6) is 0.536. The second-order valence-electron chi connectivity index (χ2n) is 8.08. The molecule has 1 aromatic rings. The van der Waals surface area contributed by atoms with Crippen LogP contribution in [0.15, 0.2) is 23.1 Å². The van der Waals surface area contributed by atoms with Crippen molar-refractivity contribution in [2.24, 2.45) is 11.8 Å². The number of nitrogens with zero attached hydrogens (tertiary/aromatic N) is 3. The van der Waals surface area contributed by atoms with Gasteiger partial charge < -0.3 is 10.1 Å². The molecule has 0 spiro atoms. The number of ether oxygens (including phenoxy) is 1. The SMILES string of the molecule is C[C@@H]1C[C@@H](C)CN(S(=O)(=O)c2ccc(NCCN3CCOCC3)c([N+](=O)[O-])c2)C1. The number of rotatable bonds is 7. The van der Waals surface area contributed by atoms with E-state index in [1.165, 1.54) is 22.5 Å². The first-order valence-electron chi connectivity index (χ1n) is 10.1. The highest BCUT2D eigenvalue weighted by Crippen LogP contribution is 2.31. The first kappa shape index (κ1) is 21.9. The lowest BCUT2D eigenvalue weighted by atomic mass is 9.94. The number of nitro groups is 1. The molecule has 29 heavy (non-hydrogen) atoms. The molecule has 2 saturated heterocycles. The molecular weight excluding hydrogens is 396 g/mol. The molecule has 0 bridgehead atoms. The Morgan fingerprint density at radius 3 is 2.48 bits per heavy atom. The van der Waals surface area contributed by atoms with Crippen LogP contribution in [0.3, 0.4) is 0 Å². The number of nitrogens with one attached hydrogen (secondary N) is 1. The summed E-state index contributed by atoms with van der Waals surface area (Å²) < 4.78 is 32.9. The molecule has 2 atom stereocenters. The third-order valence-corrected chi connectivity index (χ3v) is 7.31. The Bertz CT molecular complexity index is 816. The molecule has 1 N–H and O–H groups in total. The van der Waals surface area contributed by atoms with Gasteiger partial charge >= 0.3 is 0 Å². The Kier molecular flexibility index (Phi) is 7.10. The summed E-state index contributed by atoms with van der Waals surface area (Å²) in [5, 5.41) is 14.7. The summed E-state index contributed by atoms with van der Waals surface area (Å²) in [6, 6.07) is 4.14. The standard InChI is InChI=1S/C19H30N4O5S/c1-15-11-16(2)14-22(13-15)29(26,27)17-3-4-18(19(12-17)23(24)25)20-5-6-21-7-9-28-10-8-21/h3-4,12,15-16,20H,5-11,13-14H2,1-2H3/t15-,16-/m1/s1. The average Bonchev–Trinajstić information content (AvgIpc) is 2.68. The lowest BCUT2D eigenvalue weighted by Gasteiger charge is -2.34. The molecule has 0 unspecified atom stereocenters. The monoisotopic (exact) mass is 426 g/mol. The van der Waals surface area contributed by atoms with Crippen molar-refractivity contribution in [1.82, 2.24) is 9.21 Å². The van der Waals surface area contributed by atoms with Crippen molar-refractivity contribution in [3.05, 3.63) is 28.3 Å². The summed E-state index contributed by atoms with van der Waals surface area (Å²) in [5.41, 5.74) is 0.119. The molecular formula is C19H30N4O5S. The number of anilines is 1. The molecule has 2 fully saturated rings. The van der Waals surface area contributed by atoms with Crippen LogP contribution in [0.4, 0.5) is 11.4 Å². The minimum absolute atomic E-state index is 0.0239. The molecule has 0 radical (unpaired) electrons. The Hall–Kier alpha value is -1.75. The number of hydrogen-bond donors (Lipinski definition) is 1. The molecule has 9 nitrogen and oxygen atoms in total. The predicted molar refractivity (Wildman–Crippen MR) is 111 cm³/mol. The van der Waals surface area contributed by atoms with Crippen molar-refractivity contribution in [3.63, 3.8) is 0 Å². The van der Waals surface area contributed by atoms with Gasteiger partial charge in [-0.15, -0.1) is 0 Å². The number of benzene rings is 1. The highest BCUT2D eigenvalue weighted by atomic mass is 32.2. The van der Waals surface area contributed by atoms with Crippen molar-refractivity contribution in [3.8, 4) is 0 Å². The first-order chi connectivity index (χ1) is 13.8. The number of sulfonamides is 1. The van der Waals surface area contributed by atoms with Gasteiger partial charge in [0.2, 0.25) is 10.0 Å². The van der Waals surface area contributed by atoms with Crippen LogP contribution in [-0.4, -0.2) is 75.0 Å². The molecule has 0 saturated carbocycles. The van der Waals surface area contributed by atoms with Gasteiger partial charge in [-0.05, 0) is 30.4 Å². The van der Waals surface area contributed by atoms with Crippen LogP contribution in [0.1, 0.15) is 20.3 Å². The van der Waals surface area contributed by atoms with Crippen LogP contribution in [0, 0.1) is 22.0 Å². The van der Waals surface area contributed by atoms with Gasteiger partial charge in [-0.1, -0.05) is 13.8 Å². The van der Waals surface area contributed by atoms with E-state index in [-0.39, 0.29) is 22.4 Å². The molecule has 3 rings (SSSR count). The van der Waals surface area contributed by atoms with Gasteiger partial charge in [0.15, 0.2) is 0 Å². The van der Waals surface area contributed by atoms with Crippen molar-refractivity contribution >= 4 is 21.4 Å². The van der Waals surface area contributed by atoms with Crippen molar-refractivity contribution in [2.75, 3.05) is 57.8 Å². The van der Waals surface area contributed by atoms with E-state index in [9.17, 15) is 18.5 Å². The fourth-order valence-corrected chi connectivity index (χ4v) is 5.80. The van der Waals surface area contributed by atoms with Gasteiger partial charge in [-0.25, -0.2) is 8.42 Å². The summed E-state index contributed by atoms with van der Waals surface area (Å²) in [7, 11) is -3.76. The fourth-order valence-electron chi connectivity index (χ4n) is 4.10. The van der Waals surface area contributed by atoms with Gasteiger partial charge in [0, 0.05) is 45.3 Å². The van der Waals surface area contributed by atoms with Gasteiger partial charge in [0.1, 0.15) is 5.69 Å². The largest absolute Gasteiger partial charge is 0.379 e. The Morgan fingerprint density at radius 1 is 1.21 bits per heavy atom. The molecule has 0 amide bonds. The van der Waals surface area contributed by atoms with Crippen LogP contribution < -0.4 is 5.32 Å². The predicted octanol–water partition coefficient (Wildman–Crippen LogP) is 2.01. The third-order valence-electron chi connectivity index (χ3n) is 5.49. The lowest BCUT2D eigenvalue weighted by molar-refractivity contribution is -0.384. The maximum Gasteiger partial charge on any atom is 0.293 e. The molecule has 1 aromatic carbocycles. The van der Waals surface area contributed by atoms with Crippen LogP contribution in [-0.2, 0) is 14.8 Å². The highest BCUT2D eigenvalue weighted by Gasteiger charge is 2.33. The molecule has 2 aliphatic rings. The second kappa shape index (κ2) is 9.38. The summed E-state index contributed by atoms with van der Waals surface area (Å²) >= 11 is 0. The van der Waals surface area contributed by atoms with E-state index in [2.05, 4.69) is 10.2 Å². The van der Waals surface area contributed by atoms with Crippen LogP contribution in [0.2, 0.25) is 0 Å². The zero-order valence-electron chi connectivity index (χ0n) is 17.0. The first-order valence-corrected chi connectivity index (χ1v) is 11.5. The molecule has 2 aliphatic heterocycles.